The van der Waals surface area contributed by atoms with E-state index in [4.69, 9.17) is 5.26 Å². The van der Waals surface area contributed by atoms with Crippen LogP contribution in [0.1, 0.15) is 28.4 Å². The Morgan fingerprint density at radius 2 is 2.03 bits per heavy atom. The van der Waals surface area contributed by atoms with E-state index in [0.717, 1.165) is 24.2 Å². The van der Waals surface area contributed by atoms with Crippen LogP contribution in [0.4, 0.5) is 0 Å². The van der Waals surface area contributed by atoms with Crippen LogP contribution in [0.3, 0.4) is 0 Å². The largest absolute Gasteiger partial charge is 0.333 e. The molecule has 1 fully saturated rings. The van der Waals surface area contributed by atoms with Crippen LogP contribution >= 0.6 is 0 Å². The SMILES string of the molecule is Cc1cc(C#N)ccc1-c1c[nH]n(-c2ccc(C(=O)N3CCN(C)CC3C)cn2)c1=O. The van der Waals surface area contributed by atoms with E-state index >= 15 is 0 Å². The molecule has 2 aromatic heterocycles. The highest BCUT2D eigenvalue weighted by atomic mass is 16.2. The van der Waals surface area contributed by atoms with E-state index in [0.29, 0.717) is 29.1 Å². The van der Waals surface area contributed by atoms with Crippen molar-refractivity contribution in [2.24, 2.45) is 0 Å². The van der Waals surface area contributed by atoms with E-state index in [1.54, 1.807) is 36.5 Å². The molecule has 1 aliphatic heterocycles. The van der Waals surface area contributed by atoms with Crippen molar-refractivity contribution in [3.63, 3.8) is 0 Å². The molecule has 0 radical (unpaired) electrons. The molecule has 8 heteroatoms. The lowest BCUT2D eigenvalue weighted by Crippen LogP contribution is -2.52. The normalized spacial score (nSPS) is 16.8. The number of aromatic amines is 1. The Kier molecular flexibility index (Phi) is 5.44. The highest BCUT2D eigenvalue weighted by Crippen LogP contribution is 2.21. The molecule has 3 heterocycles. The summed E-state index contributed by atoms with van der Waals surface area (Å²) in [5.41, 5.74) is 2.91. The Morgan fingerprint density at radius 1 is 1.23 bits per heavy atom. The molecule has 0 aliphatic carbocycles. The molecule has 1 saturated heterocycles. The highest BCUT2D eigenvalue weighted by molar-refractivity contribution is 5.94. The van der Waals surface area contributed by atoms with Crippen molar-refractivity contribution in [3.8, 4) is 23.0 Å². The number of hydrogen-bond acceptors (Lipinski definition) is 5. The smallest absolute Gasteiger partial charge is 0.280 e. The highest BCUT2D eigenvalue weighted by Gasteiger charge is 2.26. The fraction of sp³-hybridized carbons (Fsp3) is 0.304. The zero-order valence-corrected chi connectivity index (χ0v) is 17.8. The van der Waals surface area contributed by atoms with E-state index < -0.39 is 0 Å². The summed E-state index contributed by atoms with van der Waals surface area (Å²) in [6.45, 7) is 6.27. The topological polar surface area (TPSA) is 98.0 Å². The first-order valence-electron chi connectivity index (χ1n) is 10.2. The number of amides is 1. The van der Waals surface area contributed by atoms with E-state index in [-0.39, 0.29) is 17.5 Å². The van der Waals surface area contributed by atoms with Crippen molar-refractivity contribution in [1.82, 2.24) is 24.6 Å². The van der Waals surface area contributed by atoms with Gasteiger partial charge in [0.25, 0.3) is 11.5 Å². The molecule has 158 valence electrons. The number of benzene rings is 1. The van der Waals surface area contributed by atoms with Crippen molar-refractivity contribution in [3.05, 3.63) is 69.8 Å². The number of aryl methyl sites for hydroxylation is 1. The number of rotatable bonds is 3. The van der Waals surface area contributed by atoms with Crippen LogP contribution in [0.25, 0.3) is 16.9 Å². The average molecular weight is 416 g/mol. The van der Waals surface area contributed by atoms with Crippen molar-refractivity contribution in [2.45, 2.75) is 19.9 Å². The summed E-state index contributed by atoms with van der Waals surface area (Å²) < 4.78 is 1.35. The van der Waals surface area contributed by atoms with E-state index in [1.165, 1.54) is 10.9 Å². The molecule has 31 heavy (non-hydrogen) atoms. The minimum absolute atomic E-state index is 0.0487. The van der Waals surface area contributed by atoms with Gasteiger partial charge in [-0.3, -0.25) is 14.7 Å². The molecule has 1 unspecified atom stereocenters. The molecular weight excluding hydrogens is 392 g/mol. The van der Waals surface area contributed by atoms with Gasteiger partial charge in [-0.15, -0.1) is 0 Å². The van der Waals surface area contributed by atoms with Gasteiger partial charge in [0, 0.05) is 38.1 Å². The monoisotopic (exact) mass is 416 g/mol. The number of nitriles is 1. The summed E-state index contributed by atoms with van der Waals surface area (Å²) >= 11 is 0. The van der Waals surface area contributed by atoms with Gasteiger partial charge in [-0.25, -0.2) is 9.67 Å². The fourth-order valence-corrected chi connectivity index (χ4v) is 4.02. The first-order chi connectivity index (χ1) is 14.9. The van der Waals surface area contributed by atoms with E-state index in [9.17, 15) is 9.59 Å². The van der Waals surface area contributed by atoms with Crippen molar-refractivity contribution in [2.75, 3.05) is 26.7 Å². The Morgan fingerprint density at radius 3 is 2.68 bits per heavy atom. The van der Waals surface area contributed by atoms with Crippen LogP contribution in [0.15, 0.2) is 47.5 Å². The van der Waals surface area contributed by atoms with Gasteiger partial charge in [0.15, 0.2) is 5.82 Å². The van der Waals surface area contributed by atoms with Gasteiger partial charge in [0.05, 0.1) is 22.8 Å². The number of carbonyl (C=O) groups is 1. The zero-order chi connectivity index (χ0) is 22.1. The van der Waals surface area contributed by atoms with E-state index in [1.807, 2.05) is 18.7 Å². The summed E-state index contributed by atoms with van der Waals surface area (Å²) in [5.74, 6) is 0.359. The summed E-state index contributed by atoms with van der Waals surface area (Å²) in [7, 11) is 2.05. The predicted molar refractivity (Wildman–Crippen MR) is 117 cm³/mol. The van der Waals surface area contributed by atoms with Crippen LogP contribution in [0.5, 0.6) is 0 Å². The van der Waals surface area contributed by atoms with Crippen LogP contribution in [0, 0.1) is 18.3 Å². The van der Waals surface area contributed by atoms with Crippen molar-refractivity contribution >= 4 is 5.91 Å². The zero-order valence-electron chi connectivity index (χ0n) is 17.8. The lowest BCUT2D eigenvalue weighted by atomic mass is 10.0. The number of pyridine rings is 1. The second-order valence-corrected chi connectivity index (χ2v) is 7.98. The molecule has 8 nitrogen and oxygen atoms in total. The third kappa shape index (κ3) is 3.88. The average Bonchev–Trinajstić information content (AvgIpc) is 3.14. The number of hydrogen-bond donors (Lipinski definition) is 1. The molecule has 1 aromatic carbocycles. The molecule has 1 atom stereocenters. The van der Waals surface area contributed by atoms with Crippen molar-refractivity contribution in [1.29, 1.82) is 5.26 Å². The molecule has 0 spiro atoms. The second-order valence-electron chi connectivity index (χ2n) is 7.98. The third-order valence-electron chi connectivity index (χ3n) is 5.73. The summed E-state index contributed by atoms with van der Waals surface area (Å²) in [4.78, 5) is 34.3. The summed E-state index contributed by atoms with van der Waals surface area (Å²) in [6.07, 6.45) is 3.14. The first kappa shape index (κ1) is 20.6. The molecular formula is C23H24N6O2. The molecule has 1 N–H and O–H groups in total. The Labute approximate surface area is 180 Å². The van der Waals surface area contributed by atoms with Crippen LogP contribution in [-0.4, -0.2) is 63.2 Å². The Hall–Kier alpha value is -3.70. The number of H-pyrrole nitrogens is 1. The molecule has 3 aromatic rings. The number of carbonyl (C=O) groups excluding carboxylic acids is 1. The van der Waals surface area contributed by atoms with Crippen LogP contribution in [0.2, 0.25) is 0 Å². The first-order valence-corrected chi connectivity index (χ1v) is 10.2. The fourth-order valence-electron chi connectivity index (χ4n) is 4.02. The lowest BCUT2D eigenvalue weighted by Gasteiger charge is -2.38. The van der Waals surface area contributed by atoms with Gasteiger partial charge in [-0.2, -0.15) is 5.26 Å². The van der Waals surface area contributed by atoms with Gasteiger partial charge < -0.3 is 9.80 Å². The minimum atomic E-state index is -0.243. The Bertz CT molecular complexity index is 1220. The molecule has 0 saturated carbocycles. The van der Waals surface area contributed by atoms with E-state index in [2.05, 4.69) is 28.1 Å². The maximum absolute atomic E-state index is 13.0. The van der Waals surface area contributed by atoms with Crippen LogP contribution in [-0.2, 0) is 0 Å². The number of likely N-dealkylation sites (N-methyl/N-ethyl adjacent to an activating group) is 1. The maximum Gasteiger partial charge on any atom is 0.280 e. The molecule has 1 amide bonds. The van der Waals surface area contributed by atoms with Gasteiger partial charge in [-0.1, -0.05) is 6.07 Å². The van der Waals surface area contributed by atoms with Gasteiger partial charge in [0.1, 0.15) is 0 Å². The Balaban J connectivity index is 1.59. The quantitative estimate of drug-likeness (QED) is 0.706. The van der Waals surface area contributed by atoms with Gasteiger partial charge in [-0.05, 0) is 56.3 Å². The minimum Gasteiger partial charge on any atom is -0.333 e. The molecule has 4 rings (SSSR count). The molecule has 1 aliphatic rings. The number of nitrogens with zero attached hydrogens (tertiary/aromatic N) is 5. The molecule has 0 bridgehead atoms. The third-order valence-corrected chi connectivity index (χ3v) is 5.73. The number of aromatic nitrogens is 3. The number of nitrogens with one attached hydrogen (secondary N) is 1. The van der Waals surface area contributed by atoms with Crippen LogP contribution < -0.4 is 5.56 Å². The number of piperazine rings is 1. The standard InChI is InChI=1S/C23H24N6O2/c1-15-10-17(11-24)4-6-19(15)20-13-26-29(23(20)31)21-7-5-18(12-25-21)22(30)28-9-8-27(3)14-16(28)2/h4-7,10,12-13,16,26H,8-9,14H2,1-3H3. The van der Waals surface area contributed by atoms with Crippen molar-refractivity contribution < 1.29 is 4.79 Å². The second kappa shape index (κ2) is 8.20. The summed E-state index contributed by atoms with van der Waals surface area (Å²) in [5, 5.41) is 12.0. The summed E-state index contributed by atoms with van der Waals surface area (Å²) in [6, 6.07) is 10.8. The van der Waals surface area contributed by atoms with Gasteiger partial charge in [0.2, 0.25) is 0 Å². The van der Waals surface area contributed by atoms with Gasteiger partial charge >= 0.3 is 0 Å². The maximum atomic E-state index is 13.0. The lowest BCUT2D eigenvalue weighted by molar-refractivity contribution is 0.0533. The predicted octanol–water partition coefficient (Wildman–Crippen LogP) is 2.18.